The lowest BCUT2D eigenvalue weighted by Gasteiger charge is -2.29. The lowest BCUT2D eigenvalue weighted by molar-refractivity contribution is 1.18. The van der Waals surface area contributed by atoms with Crippen LogP contribution in [0.2, 0.25) is 0 Å². The Hall–Kier alpha value is -7.42. The largest absolute Gasteiger partial charge is 0.309 e. The molecule has 0 unspecified atom stereocenters. The molecule has 270 valence electrons. The maximum Gasteiger partial charge on any atom is 0.0562 e. The number of rotatable bonds is 8. The normalized spacial score (nSPS) is 11.2. The van der Waals surface area contributed by atoms with Crippen molar-refractivity contribution in [2.45, 2.75) is 6.92 Å². The van der Waals surface area contributed by atoms with Crippen LogP contribution in [0.4, 0.5) is 17.1 Å². The third-order valence-electron chi connectivity index (χ3n) is 11.1. The molecule has 10 rings (SSSR count). The fourth-order valence-corrected chi connectivity index (χ4v) is 8.51. The van der Waals surface area contributed by atoms with Gasteiger partial charge >= 0.3 is 0 Å². The molecule has 2 heteroatoms. The number of hydrogen-bond acceptors (Lipinski definition) is 1. The number of nitrogens with zero attached hydrogens (tertiary/aromatic N) is 2. The van der Waals surface area contributed by atoms with Gasteiger partial charge in [0, 0.05) is 27.6 Å². The first-order valence-corrected chi connectivity index (χ1v) is 19.6. The summed E-state index contributed by atoms with van der Waals surface area (Å²) in [6, 6.07) is 81.3. The van der Waals surface area contributed by atoms with Crippen LogP contribution in [0.25, 0.3) is 72.0 Å². The van der Waals surface area contributed by atoms with Gasteiger partial charge in [0.2, 0.25) is 0 Å². The van der Waals surface area contributed by atoms with E-state index in [-0.39, 0.29) is 0 Å². The molecular formula is C55H40N2. The highest BCUT2D eigenvalue weighted by molar-refractivity contribution is 6.17. The molecule has 0 N–H and O–H groups in total. The van der Waals surface area contributed by atoms with Gasteiger partial charge in [0.1, 0.15) is 0 Å². The average Bonchev–Trinajstić information content (AvgIpc) is 3.62. The molecule has 0 atom stereocenters. The van der Waals surface area contributed by atoms with Crippen molar-refractivity contribution in [3.05, 3.63) is 230 Å². The van der Waals surface area contributed by atoms with E-state index in [1.807, 2.05) is 0 Å². The van der Waals surface area contributed by atoms with Gasteiger partial charge in [-0.15, -0.1) is 0 Å². The molecule has 0 bridgehead atoms. The van der Waals surface area contributed by atoms with Crippen molar-refractivity contribution < 1.29 is 0 Å². The van der Waals surface area contributed by atoms with Crippen molar-refractivity contribution in [1.29, 1.82) is 0 Å². The fourth-order valence-electron chi connectivity index (χ4n) is 8.51. The molecule has 0 amide bonds. The van der Waals surface area contributed by atoms with Gasteiger partial charge in [-0.05, 0) is 82.8 Å². The molecule has 0 aliphatic heterocycles. The van der Waals surface area contributed by atoms with Crippen LogP contribution < -0.4 is 4.90 Å². The van der Waals surface area contributed by atoms with Crippen molar-refractivity contribution in [1.82, 2.24) is 4.57 Å². The van der Waals surface area contributed by atoms with Gasteiger partial charge < -0.3 is 9.47 Å². The van der Waals surface area contributed by atoms with E-state index in [0.29, 0.717) is 0 Å². The van der Waals surface area contributed by atoms with Crippen LogP contribution in [0.5, 0.6) is 0 Å². The van der Waals surface area contributed by atoms with E-state index in [0.717, 1.165) is 33.8 Å². The Balaban J connectivity index is 1.27. The Morgan fingerprint density at radius 2 is 0.895 bits per heavy atom. The van der Waals surface area contributed by atoms with Gasteiger partial charge in [0.15, 0.2) is 0 Å². The van der Waals surface area contributed by atoms with E-state index in [2.05, 4.69) is 241 Å². The van der Waals surface area contributed by atoms with Crippen LogP contribution in [0, 0.1) is 6.92 Å². The van der Waals surface area contributed by atoms with E-state index in [9.17, 15) is 0 Å². The first-order valence-electron chi connectivity index (χ1n) is 19.6. The fraction of sp³-hybridized carbons (Fsp3) is 0.0182. The van der Waals surface area contributed by atoms with Gasteiger partial charge in [-0.1, -0.05) is 188 Å². The van der Waals surface area contributed by atoms with Crippen LogP contribution in [0.1, 0.15) is 5.56 Å². The molecule has 0 fully saturated rings. The number of aryl methyl sites for hydroxylation is 1. The molecule has 2 nitrogen and oxygen atoms in total. The van der Waals surface area contributed by atoms with Crippen LogP contribution in [0.15, 0.2) is 224 Å². The van der Waals surface area contributed by atoms with Crippen LogP contribution in [-0.2, 0) is 0 Å². The second kappa shape index (κ2) is 14.7. The average molecular weight is 729 g/mol. The van der Waals surface area contributed by atoms with Gasteiger partial charge in [0.25, 0.3) is 0 Å². The van der Waals surface area contributed by atoms with Gasteiger partial charge in [-0.2, -0.15) is 0 Å². The molecule has 1 aromatic heterocycles. The summed E-state index contributed by atoms with van der Waals surface area (Å²) in [5.74, 6) is 0. The van der Waals surface area contributed by atoms with Gasteiger partial charge in [0.05, 0.1) is 28.1 Å². The minimum atomic E-state index is 1.09. The van der Waals surface area contributed by atoms with E-state index in [1.165, 1.54) is 60.8 Å². The maximum atomic E-state index is 2.48. The smallest absolute Gasteiger partial charge is 0.0562 e. The van der Waals surface area contributed by atoms with Crippen LogP contribution in [-0.4, -0.2) is 4.57 Å². The topological polar surface area (TPSA) is 8.17 Å². The number of aromatic nitrogens is 1. The predicted molar refractivity (Wildman–Crippen MR) is 242 cm³/mol. The van der Waals surface area contributed by atoms with Crippen molar-refractivity contribution in [3.8, 4) is 50.2 Å². The van der Waals surface area contributed by atoms with Crippen molar-refractivity contribution in [3.63, 3.8) is 0 Å². The summed E-state index contributed by atoms with van der Waals surface area (Å²) < 4.78 is 2.48. The third kappa shape index (κ3) is 6.18. The Labute approximate surface area is 334 Å². The van der Waals surface area contributed by atoms with E-state index >= 15 is 0 Å². The SMILES string of the molecule is Cc1cccc(-c2c(-c3ccccc3)cccc2-n2c3ccccc3c3c(N(c4ccc(-c5ccccc5)cc4)c4ccccc4-c4ccccc4)cccc32)c1. The Kier molecular flexibility index (Phi) is 8.78. The lowest BCUT2D eigenvalue weighted by Crippen LogP contribution is -2.11. The van der Waals surface area contributed by atoms with Crippen LogP contribution in [0.3, 0.4) is 0 Å². The Bertz CT molecular complexity index is 3000. The molecular weight excluding hydrogens is 689 g/mol. The van der Waals surface area contributed by atoms with Crippen molar-refractivity contribution in [2.24, 2.45) is 0 Å². The Morgan fingerprint density at radius 1 is 0.368 bits per heavy atom. The second-order valence-electron chi connectivity index (χ2n) is 14.6. The predicted octanol–water partition coefficient (Wildman–Crippen LogP) is 15.2. The second-order valence-corrected chi connectivity index (χ2v) is 14.6. The first kappa shape index (κ1) is 34.1. The Morgan fingerprint density at radius 3 is 1.63 bits per heavy atom. The van der Waals surface area contributed by atoms with Crippen LogP contribution >= 0.6 is 0 Å². The zero-order valence-electron chi connectivity index (χ0n) is 31.8. The molecule has 0 saturated heterocycles. The maximum absolute atomic E-state index is 2.48. The number of anilines is 3. The lowest BCUT2D eigenvalue weighted by atomic mass is 9.92. The third-order valence-corrected chi connectivity index (χ3v) is 11.1. The van der Waals surface area contributed by atoms with Crippen molar-refractivity contribution >= 4 is 38.9 Å². The molecule has 0 aliphatic rings. The standard InChI is InChI=1S/C55H40N2/c1-39-18-15-25-44(38-39)54-47(43-23-9-4-10-24-43)28-16-31-51(54)57-50-30-14-12-27-48(50)55-52(32-17-33-53(55)57)56(45-36-34-41(35-37-45)40-19-5-2-6-20-40)49-29-13-11-26-46(49)42-21-7-3-8-22-42/h2-38H,1H3. The summed E-state index contributed by atoms with van der Waals surface area (Å²) in [5.41, 5.74) is 17.6. The minimum Gasteiger partial charge on any atom is -0.309 e. The highest BCUT2D eigenvalue weighted by atomic mass is 15.2. The highest BCUT2D eigenvalue weighted by Crippen LogP contribution is 2.48. The molecule has 0 saturated carbocycles. The molecule has 1 heterocycles. The number of benzene rings is 9. The molecule has 9 aromatic carbocycles. The number of fused-ring (bicyclic) bond motifs is 3. The monoisotopic (exact) mass is 728 g/mol. The van der Waals surface area contributed by atoms with E-state index in [4.69, 9.17) is 0 Å². The first-order chi connectivity index (χ1) is 28.2. The summed E-state index contributed by atoms with van der Waals surface area (Å²) in [5, 5.41) is 2.40. The minimum absolute atomic E-state index is 1.09. The summed E-state index contributed by atoms with van der Waals surface area (Å²) in [7, 11) is 0. The molecule has 0 spiro atoms. The molecule has 0 radical (unpaired) electrons. The number of para-hydroxylation sites is 2. The zero-order valence-corrected chi connectivity index (χ0v) is 31.8. The molecule has 0 aliphatic carbocycles. The van der Waals surface area contributed by atoms with E-state index < -0.39 is 0 Å². The zero-order chi connectivity index (χ0) is 38.1. The molecule has 10 aromatic rings. The van der Waals surface area contributed by atoms with E-state index in [1.54, 1.807) is 0 Å². The summed E-state index contributed by atoms with van der Waals surface area (Å²) in [4.78, 5) is 2.46. The summed E-state index contributed by atoms with van der Waals surface area (Å²) in [6.07, 6.45) is 0. The summed E-state index contributed by atoms with van der Waals surface area (Å²) in [6.45, 7) is 2.18. The van der Waals surface area contributed by atoms with Gasteiger partial charge in [-0.25, -0.2) is 0 Å². The summed E-state index contributed by atoms with van der Waals surface area (Å²) >= 11 is 0. The molecule has 57 heavy (non-hydrogen) atoms. The quantitative estimate of drug-likeness (QED) is 0.151. The van der Waals surface area contributed by atoms with Crippen molar-refractivity contribution in [2.75, 3.05) is 4.90 Å². The number of hydrogen-bond donors (Lipinski definition) is 0. The highest BCUT2D eigenvalue weighted by Gasteiger charge is 2.24. The van der Waals surface area contributed by atoms with Gasteiger partial charge in [-0.3, -0.25) is 0 Å².